The molecule has 1 aliphatic carbocycles. The standard InChI is InChI=1S/C17H27NO2/c1-13(2)20-16-10-8-14(9-11-16)17(18)12-19-15-6-4-3-5-7-15/h8-11,13,15,17H,3-7,12,18H2,1-2H3. The van der Waals surface area contributed by atoms with Crippen molar-refractivity contribution in [3.05, 3.63) is 29.8 Å². The van der Waals surface area contributed by atoms with Gasteiger partial charge in [-0.15, -0.1) is 0 Å². The Morgan fingerprint density at radius 2 is 1.75 bits per heavy atom. The van der Waals surface area contributed by atoms with Crippen LogP contribution in [0.1, 0.15) is 57.6 Å². The minimum atomic E-state index is -0.0509. The van der Waals surface area contributed by atoms with Crippen LogP contribution in [0.2, 0.25) is 0 Å². The van der Waals surface area contributed by atoms with Gasteiger partial charge in [-0.05, 0) is 44.4 Å². The molecule has 1 aromatic carbocycles. The molecule has 2 N–H and O–H groups in total. The molecule has 112 valence electrons. The van der Waals surface area contributed by atoms with E-state index in [4.69, 9.17) is 15.2 Å². The van der Waals surface area contributed by atoms with Gasteiger partial charge in [0, 0.05) is 0 Å². The van der Waals surface area contributed by atoms with E-state index in [1.807, 2.05) is 38.1 Å². The molecule has 1 aromatic rings. The molecular weight excluding hydrogens is 250 g/mol. The normalized spacial score (nSPS) is 18.2. The molecule has 1 atom stereocenters. The lowest BCUT2D eigenvalue weighted by Crippen LogP contribution is -2.23. The number of rotatable bonds is 6. The van der Waals surface area contributed by atoms with Crippen molar-refractivity contribution in [3.8, 4) is 5.75 Å². The van der Waals surface area contributed by atoms with Crippen LogP contribution in [0.5, 0.6) is 5.75 Å². The molecule has 0 heterocycles. The highest BCUT2D eigenvalue weighted by atomic mass is 16.5. The van der Waals surface area contributed by atoms with Crippen molar-refractivity contribution < 1.29 is 9.47 Å². The lowest BCUT2D eigenvalue weighted by Gasteiger charge is -2.24. The zero-order valence-corrected chi connectivity index (χ0v) is 12.7. The van der Waals surface area contributed by atoms with E-state index in [9.17, 15) is 0 Å². The summed E-state index contributed by atoms with van der Waals surface area (Å²) in [7, 11) is 0. The minimum absolute atomic E-state index is 0.0509. The molecule has 0 bridgehead atoms. The van der Waals surface area contributed by atoms with Gasteiger partial charge in [0.2, 0.25) is 0 Å². The first kappa shape index (κ1) is 15.3. The van der Waals surface area contributed by atoms with Crippen LogP contribution in [-0.4, -0.2) is 18.8 Å². The average Bonchev–Trinajstić information content (AvgIpc) is 2.46. The topological polar surface area (TPSA) is 44.5 Å². The number of benzene rings is 1. The van der Waals surface area contributed by atoms with Crippen LogP contribution in [0, 0.1) is 0 Å². The third-order valence-electron chi connectivity index (χ3n) is 3.74. The van der Waals surface area contributed by atoms with Crippen molar-refractivity contribution in [1.82, 2.24) is 0 Å². The molecule has 1 aliphatic rings. The average molecular weight is 277 g/mol. The van der Waals surface area contributed by atoms with E-state index >= 15 is 0 Å². The maximum Gasteiger partial charge on any atom is 0.119 e. The molecule has 0 saturated heterocycles. The fourth-order valence-corrected chi connectivity index (χ4v) is 2.63. The van der Waals surface area contributed by atoms with Gasteiger partial charge in [-0.1, -0.05) is 31.4 Å². The Morgan fingerprint density at radius 1 is 1.10 bits per heavy atom. The smallest absolute Gasteiger partial charge is 0.119 e. The maximum absolute atomic E-state index is 6.20. The van der Waals surface area contributed by atoms with Gasteiger partial charge in [-0.25, -0.2) is 0 Å². The van der Waals surface area contributed by atoms with E-state index in [-0.39, 0.29) is 12.1 Å². The Labute approximate surface area is 122 Å². The zero-order valence-electron chi connectivity index (χ0n) is 12.7. The van der Waals surface area contributed by atoms with E-state index in [1.54, 1.807) is 0 Å². The molecule has 0 aromatic heterocycles. The summed E-state index contributed by atoms with van der Waals surface area (Å²) < 4.78 is 11.6. The summed E-state index contributed by atoms with van der Waals surface area (Å²) in [4.78, 5) is 0. The first-order chi connectivity index (χ1) is 9.65. The van der Waals surface area contributed by atoms with Crippen LogP contribution < -0.4 is 10.5 Å². The van der Waals surface area contributed by atoms with Crippen LogP contribution in [0.15, 0.2) is 24.3 Å². The third kappa shape index (κ3) is 4.80. The summed E-state index contributed by atoms with van der Waals surface area (Å²) in [5.41, 5.74) is 7.31. The van der Waals surface area contributed by atoms with Gasteiger partial charge in [-0.3, -0.25) is 0 Å². The minimum Gasteiger partial charge on any atom is -0.491 e. The Kier molecular flexibility index (Phi) is 5.86. The second kappa shape index (κ2) is 7.65. The van der Waals surface area contributed by atoms with Crippen molar-refractivity contribution in [2.24, 2.45) is 5.73 Å². The molecule has 3 heteroatoms. The second-order valence-electron chi connectivity index (χ2n) is 5.94. The lowest BCUT2D eigenvalue weighted by molar-refractivity contribution is 0.0206. The fraction of sp³-hybridized carbons (Fsp3) is 0.647. The predicted octanol–water partition coefficient (Wildman–Crippen LogP) is 3.82. The van der Waals surface area contributed by atoms with Gasteiger partial charge in [0.25, 0.3) is 0 Å². The summed E-state index contributed by atoms with van der Waals surface area (Å²) in [5, 5.41) is 0. The quantitative estimate of drug-likeness (QED) is 0.859. The molecule has 20 heavy (non-hydrogen) atoms. The Hall–Kier alpha value is -1.06. The maximum atomic E-state index is 6.20. The van der Waals surface area contributed by atoms with Crippen molar-refractivity contribution >= 4 is 0 Å². The highest BCUT2D eigenvalue weighted by molar-refractivity contribution is 5.29. The molecule has 0 radical (unpaired) electrons. The second-order valence-corrected chi connectivity index (χ2v) is 5.94. The number of hydrogen-bond acceptors (Lipinski definition) is 3. The predicted molar refractivity (Wildman–Crippen MR) is 82.0 cm³/mol. The van der Waals surface area contributed by atoms with Gasteiger partial charge in [0.1, 0.15) is 5.75 Å². The van der Waals surface area contributed by atoms with Crippen molar-refractivity contribution in [3.63, 3.8) is 0 Å². The molecule has 1 saturated carbocycles. The molecule has 2 rings (SSSR count). The van der Waals surface area contributed by atoms with E-state index in [1.165, 1.54) is 32.1 Å². The van der Waals surface area contributed by atoms with Gasteiger partial charge >= 0.3 is 0 Å². The zero-order chi connectivity index (χ0) is 14.4. The summed E-state index contributed by atoms with van der Waals surface area (Å²) in [6, 6.07) is 7.98. The number of hydrogen-bond donors (Lipinski definition) is 1. The van der Waals surface area contributed by atoms with Crippen molar-refractivity contribution in [2.75, 3.05) is 6.61 Å². The van der Waals surface area contributed by atoms with Crippen LogP contribution in [-0.2, 0) is 4.74 Å². The van der Waals surface area contributed by atoms with E-state index in [2.05, 4.69) is 0 Å². The molecular formula is C17H27NO2. The first-order valence-electron chi connectivity index (χ1n) is 7.79. The SMILES string of the molecule is CC(C)Oc1ccc(C(N)COC2CCCCC2)cc1. The Bertz CT molecular complexity index is 382. The number of ether oxygens (including phenoxy) is 2. The van der Waals surface area contributed by atoms with E-state index in [0.717, 1.165) is 11.3 Å². The Morgan fingerprint density at radius 3 is 2.35 bits per heavy atom. The molecule has 3 nitrogen and oxygen atoms in total. The van der Waals surface area contributed by atoms with E-state index < -0.39 is 0 Å². The lowest BCUT2D eigenvalue weighted by atomic mass is 9.98. The van der Waals surface area contributed by atoms with Crippen molar-refractivity contribution in [2.45, 2.75) is 64.2 Å². The molecule has 0 amide bonds. The van der Waals surface area contributed by atoms with Crippen molar-refractivity contribution in [1.29, 1.82) is 0 Å². The molecule has 1 fully saturated rings. The fourth-order valence-electron chi connectivity index (χ4n) is 2.63. The summed E-state index contributed by atoms with van der Waals surface area (Å²) >= 11 is 0. The van der Waals surface area contributed by atoms with Gasteiger partial charge in [-0.2, -0.15) is 0 Å². The van der Waals surface area contributed by atoms with Gasteiger partial charge < -0.3 is 15.2 Å². The van der Waals surface area contributed by atoms with Gasteiger partial charge in [0.15, 0.2) is 0 Å². The molecule has 0 spiro atoms. The van der Waals surface area contributed by atoms with Crippen LogP contribution in [0.4, 0.5) is 0 Å². The van der Waals surface area contributed by atoms with E-state index in [0.29, 0.717) is 12.7 Å². The highest BCUT2D eigenvalue weighted by Gasteiger charge is 2.15. The van der Waals surface area contributed by atoms with Crippen LogP contribution in [0.25, 0.3) is 0 Å². The summed E-state index contributed by atoms with van der Waals surface area (Å²) in [6.07, 6.45) is 6.93. The largest absolute Gasteiger partial charge is 0.491 e. The monoisotopic (exact) mass is 277 g/mol. The summed E-state index contributed by atoms with van der Waals surface area (Å²) in [6.45, 7) is 4.66. The Balaban J connectivity index is 1.80. The van der Waals surface area contributed by atoms with Crippen LogP contribution >= 0.6 is 0 Å². The molecule has 1 unspecified atom stereocenters. The first-order valence-corrected chi connectivity index (χ1v) is 7.79. The number of nitrogens with two attached hydrogens (primary N) is 1. The summed E-state index contributed by atoms with van der Waals surface area (Å²) in [5.74, 6) is 0.893. The van der Waals surface area contributed by atoms with Crippen LogP contribution in [0.3, 0.4) is 0 Å². The molecule has 0 aliphatic heterocycles. The van der Waals surface area contributed by atoms with Gasteiger partial charge in [0.05, 0.1) is 24.9 Å². The highest BCUT2D eigenvalue weighted by Crippen LogP contribution is 2.22. The third-order valence-corrected chi connectivity index (χ3v) is 3.74.